The number of carbonyl (C=O) groups excluding carboxylic acids is 1. The maximum atomic E-state index is 12.3. The van der Waals surface area contributed by atoms with Crippen molar-refractivity contribution in [3.63, 3.8) is 0 Å². The normalized spacial score (nSPS) is 16.8. The Morgan fingerprint density at radius 1 is 1.11 bits per heavy atom. The van der Waals surface area contributed by atoms with Gasteiger partial charge < -0.3 is 31.3 Å². The van der Waals surface area contributed by atoms with Crippen molar-refractivity contribution in [2.75, 3.05) is 25.0 Å². The molecule has 0 aromatic heterocycles. The summed E-state index contributed by atoms with van der Waals surface area (Å²) in [5.41, 5.74) is 5.31. The van der Waals surface area contributed by atoms with Crippen LogP contribution in [-0.2, 0) is 6.54 Å². The first kappa shape index (κ1) is 24.4. The van der Waals surface area contributed by atoms with Crippen LogP contribution in [0, 0.1) is 0 Å². The molecule has 0 bridgehead atoms. The molecule has 0 saturated heterocycles. The lowest BCUT2D eigenvalue weighted by Crippen LogP contribution is -2.36. The van der Waals surface area contributed by atoms with Crippen molar-refractivity contribution >= 4 is 23.0 Å². The fraction of sp³-hybridized carbons (Fsp3) is 0.240. The maximum absolute atomic E-state index is 12.3. The molecule has 10 heteroatoms. The third-order valence-corrected chi connectivity index (χ3v) is 5.46. The molecule has 1 atom stereocenters. The number of hydrogen-bond acceptors (Lipinski definition) is 5. The van der Waals surface area contributed by atoms with Crippen LogP contribution in [0.5, 0.6) is 0 Å². The molecule has 2 heterocycles. The lowest BCUT2D eigenvalue weighted by Gasteiger charge is -2.28. The summed E-state index contributed by atoms with van der Waals surface area (Å²) in [6.45, 7) is -0.0956. The van der Waals surface area contributed by atoms with E-state index in [4.69, 9.17) is 5.11 Å². The summed E-state index contributed by atoms with van der Waals surface area (Å²) < 4.78 is 36.9. The first-order chi connectivity index (χ1) is 16.8. The van der Waals surface area contributed by atoms with Crippen LogP contribution in [0.25, 0.3) is 11.3 Å². The second-order valence-corrected chi connectivity index (χ2v) is 8.09. The summed E-state index contributed by atoms with van der Waals surface area (Å²) in [4.78, 5) is 13.8. The lowest BCUT2D eigenvalue weighted by atomic mass is 10.00. The van der Waals surface area contributed by atoms with Crippen molar-refractivity contribution in [2.45, 2.75) is 18.9 Å². The SMILES string of the molecule is O=C(NCC(F)(F)F)Nc1cccc(C2=CNC3C=C(c4cccc(CNCCO)c4)C=CN23)c1. The predicted molar refractivity (Wildman–Crippen MR) is 129 cm³/mol. The minimum absolute atomic E-state index is 0.0936. The number of aliphatic hydroxyl groups is 1. The van der Waals surface area contributed by atoms with Gasteiger partial charge in [0.1, 0.15) is 12.7 Å². The van der Waals surface area contributed by atoms with E-state index in [2.05, 4.69) is 28.1 Å². The van der Waals surface area contributed by atoms with Gasteiger partial charge in [-0.15, -0.1) is 0 Å². The number of fused-ring (bicyclic) bond motifs is 1. The molecule has 0 spiro atoms. The Labute approximate surface area is 201 Å². The van der Waals surface area contributed by atoms with E-state index in [1.54, 1.807) is 23.5 Å². The zero-order valence-corrected chi connectivity index (χ0v) is 18.8. The maximum Gasteiger partial charge on any atom is 0.405 e. The summed E-state index contributed by atoms with van der Waals surface area (Å²) in [5, 5.41) is 19.7. The minimum Gasteiger partial charge on any atom is -0.395 e. The van der Waals surface area contributed by atoms with Crippen molar-refractivity contribution < 1.29 is 23.1 Å². The Hall–Kier alpha value is -3.76. The number of benzene rings is 2. The Kier molecular flexibility index (Phi) is 7.42. The van der Waals surface area contributed by atoms with E-state index in [1.165, 1.54) is 0 Å². The van der Waals surface area contributed by atoms with Gasteiger partial charge >= 0.3 is 12.2 Å². The van der Waals surface area contributed by atoms with E-state index < -0.39 is 18.8 Å². The number of alkyl halides is 3. The fourth-order valence-electron chi connectivity index (χ4n) is 3.87. The number of nitrogens with zero attached hydrogens (tertiary/aromatic N) is 1. The molecule has 2 aliphatic rings. The van der Waals surface area contributed by atoms with Gasteiger partial charge in [-0.1, -0.05) is 30.3 Å². The lowest BCUT2D eigenvalue weighted by molar-refractivity contribution is -0.122. The molecule has 7 nitrogen and oxygen atoms in total. The highest BCUT2D eigenvalue weighted by molar-refractivity contribution is 5.90. The third kappa shape index (κ3) is 6.43. The van der Waals surface area contributed by atoms with Crippen molar-refractivity contribution in [2.24, 2.45) is 0 Å². The van der Waals surface area contributed by atoms with Gasteiger partial charge in [0.25, 0.3) is 0 Å². The molecule has 5 N–H and O–H groups in total. The van der Waals surface area contributed by atoms with E-state index in [-0.39, 0.29) is 12.8 Å². The summed E-state index contributed by atoms with van der Waals surface area (Å²) in [6, 6.07) is 14.2. The zero-order chi connectivity index (χ0) is 24.8. The largest absolute Gasteiger partial charge is 0.405 e. The summed E-state index contributed by atoms with van der Waals surface area (Å²) in [7, 11) is 0. The van der Waals surface area contributed by atoms with Gasteiger partial charge in [-0.25, -0.2) is 4.79 Å². The minimum atomic E-state index is -4.47. The highest BCUT2D eigenvalue weighted by Gasteiger charge is 2.28. The molecular weight excluding hydrogens is 459 g/mol. The number of anilines is 1. The Morgan fingerprint density at radius 3 is 2.71 bits per heavy atom. The van der Waals surface area contributed by atoms with Crippen LogP contribution in [0.1, 0.15) is 16.7 Å². The number of rotatable bonds is 8. The van der Waals surface area contributed by atoms with Gasteiger partial charge in [-0.3, -0.25) is 0 Å². The highest BCUT2D eigenvalue weighted by atomic mass is 19.4. The molecule has 184 valence electrons. The average molecular weight is 486 g/mol. The Morgan fingerprint density at radius 2 is 1.91 bits per heavy atom. The van der Waals surface area contributed by atoms with Crippen LogP contribution in [0.3, 0.4) is 0 Å². The molecule has 35 heavy (non-hydrogen) atoms. The molecule has 2 aromatic carbocycles. The molecule has 0 saturated carbocycles. The van der Waals surface area contributed by atoms with Crippen LogP contribution >= 0.6 is 0 Å². The topological polar surface area (TPSA) is 88.7 Å². The second-order valence-electron chi connectivity index (χ2n) is 8.09. The summed E-state index contributed by atoms with van der Waals surface area (Å²) in [5.74, 6) is 0. The van der Waals surface area contributed by atoms with E-state index in [1.807, 2.05) is 47.6 Å². The molecule has 0 fully saturated rings. The second kappa shape index (κ2) is 10.7. The van der Waals surface area contributed by atoms with Crippen molar-refractivity contribution in [3.8, 4) is 0 Å². The van der Waals surface area contributed by atoms with Gasteiger partial charge in [0, 0.05) is 36.7 Å². The van der Waals surface area contributed by atoms with E-state index >= 15 is 0 Å². The van der Waals surface area contributed by atoms with Gasteiger partial charge in [0.2, 0.25) is 0 Å². The average Bonchev–Trinajstić information content (AvgIpc) is 3.26. The molecule has 2 aromatic rings. The van der Waals surface area contributed by atoms with Gasteiger partial charge in [0.05, 0.1) is 12.3 Å². The molecule has 2 aliphatic heterocycles. The van der Waals surface area contributed by atoms with Gasteiger partial charge in [-0.2, -0.15) is 13.2 Å². The molecule has 4 rings (SSSR count). The quantitative estimate of drug-likeness (QED) is 0.369. The fourth-order valence-corrected chi connectivity index (χ4v) is 3.87. The first-order valence-electron chi connectivity index (χ1n) is 11.1. The number of carbonyl (C=O) groups is 1. The Bertz CT molecular complexity index is 1160. The molecule has 0 radical (unpaired) electrons. The number of amides is 2. The highest BCUT2D eigenvalue weighted by Crippen LogP contribution is 2.32. The summed E-state index contributed by atoms with van der Waals surface area (Å²) >= 11 is 0. The van der Waals surface area contributed by atoms with Gasteiger partial charge in [0.15, 0.2) is 0 Å². The van der Waals surface area contributed by atoms with Crippen LogP contribution < -0.4 is 21.3 Å². The number of allylic oxidation sites excluding steroid dienone is 2. The smallest absolute Gasteiger partial charge is 0.395 e. The van der Waals surface area contributed by atoms with Crippen molar-refractivity contribution in [1.82, 2.24) is 20.9 Å². The number of urea groups is 1. The Balaban J connectivity index is 1.42. The number of halogens is 3. The number of nitrogens with one attached hydrogen (secondary N) is 4. The van der Waals surface area contributed by atoms with Crippen molar-refractivity contribution in [3.05, 3.63) is 89.8 Å². The van der Waals surface area contributed by atoms with Gasteiger partial charge in [-0.05, 0) is 47.1 Å². The van der Waals surface area contributed by atoms with Crippen LogP contribution in [0.15, 0.2) is 73.1 Å². The molecular formula is C25H26F3N5O2. The summed E-state index contributed by atoms with van der Waals surface area (Å²) in [6.07, 6.45) is 3.39. The predicted octanol–water partition coefficient (Wildman–Crippen LogP) is 3.59. The first-order valence-corrected chi connectivity index (χ1v) is 11.1. The van der Waals surface area contributed by atoms with E-state index in [0.717, 1.165) is 28.0 Å². The van der Waals surface area contributed by atoms with Crippen LogP contribution in [0.2, 0.25) is 0 Å². The molecule has 1 unspecified atom stereocenters. The van der Waals surface area contributed by atoms with Crippen molar-refractivity contribution in [1.29, 1.82) is 0 Å². The molecule has 2 amide bonds. The number of hydrogen-bond donors (Lipinski definition) is 5. The third-order valence-electron chi connectivity index (χ3n) is 5.46. The van der Waals surface area contributed by atoms with Crippen LogP contribution in [0.4, 0.5) is 23.7 Å². The van der Waals surface area contributed by atoms with E-state index in [9.17, 15) is 18.0 Å². The van der Waals surface area contributed by atoms with Crippen LogP contribution in [-0.4, -0.2) is 48.1 Å². The zero-order valence-electron chi connectivity index (χ0n) is 18.8. The van der Waals surface area contributed by atoms with E-state index in [0.29, 0.717) is 18.8 Å². The molecule has 0 aliphatic carbocycles. The standard InChI is InChI=1S/C25H26F3N5O2/c26-25(27,28)16-31-24(35)32-21-6-2-5-20(12-21)22-15-30-23-13-19(7-9-33(22)23)18-4-1-3-17(11-18)14-29-8-10-34/h1-7,9,11-13,15,23,29-30,34H,8,10,14,16H2,(H2,31,32,35). The number of aliphatic hydroxyl groups excluding tert-OH is 1. The monoisotopic (exact) mass is 485 g/mol.